The molecule has 3 aromatic carbocycles. The molecule has 40 heavy (non-hydrogen) atoms. The lowest BCUT2D eigenvalue weighted by Gasteiger charge is -2.48. The van der Waals surface area contributed by atoms with Crippen LogP contribution in [0.5, 0.6) is 0 Å². The van der Waals surface area contributed by atoms with Crippen LogP contribution in [-0.2, 0) is 27.1 Å². The number of likely N-dealkylation sites (tertiary alicyclic amines) is 1. The molecule has 1 heterocycles. The van der Waals surface area contributed by atoms with E-state index in [1.165, 1.54) is 24.3 Å². The lowest BCUT2D eigenvalue weighted by Crippen LogP contribution is -2.53. The summed E-state index contributed by atoms with van der Waals surface area (Å²) in [5, 5.41) is 0. The summed E-state index contributed by atoms with van der Waals surface area (Å²) < 4.78 is 27.2. The third-order valence-electron chi connectivity index (χ3n) is 9.11. The average molecular weight is 546 g/mol. The molecular weight excluding hydrogens is 508 g/mol. The van der Waals surface area contributed by atoms with Gasteiger partial charge in [0.05, 0.1) is 11.0 Å². The van der Waals surface area contributed by atoms with Crippen LogP contribution in [0.3, 0.4) is 0 Å². The number of carbonyl (C=O) groups is 2. The Labute approximate surface area is 235 Å². The van der Waals surface area contributed by atoms with Crippen molar-refractivity contribution in [2.45, 2.75) is 43.7 Å². The summed E-state index contributed by atoms with van der Waals surface area (Å²) >= 11 is 0. The number of hydrogen-bond acceptors (Lipinski definition) is 3. The van der Waals surface area contributed by atoms with Crippen LogP contribution < -0.4 is 0 Å². The molecule has 2 amide bonds. The van der Waals surface area contributed by atoms with Gasteiger partial charge in [0, 0.05) is 47.2 Å². The first-order valence-corrected chi connectivity index (χ1v) is 13.9. The molecule has 2 aliphatic rings. The summed E-state index contributed by atoms with van der Waals surface area (Å²) in [4.78, 5) is 32.4. The zero-order valence-electron chi connectivity index (χ0n) is 23.4. The van der Waals surface area contributed by atoms with Gasteiger partial charge in [0.25, 0.3) is 0 Å². The second-order valence-corrected chi connectivity index (χ2v) is 11.4. The van der Waals surface area contributed by atoms with E-state index in [1.807, 2.05) is 30.1 Å². The van der Waals surface area contributed by atoms with E-state index in [0.29, 0.717) is 13.0 Å². The lowest BCUT2D eigenvalue weighted by molar-refractivity contribution is -0.136. The van der Waals surface area contributed by atoms with Gasteiger partial charge in [-0.25, -0.2) is 8.78 Å². The molecule has 1 aliphatic carbocycles. The van der Waals surface area contributed by atoms with Crippen LogP contribution in [0.15, 0.2) is 78.9 Å². The smallest absolute Gasteiger partial charge is 0.233 e. The molecule has 0 spiro atoms. The third-order valence-corrected chi connectivity index (χ3v) is 9.11. The van der Waals surface area contributed by atoms with E-state index < -0.39 is 5.41 Å². The molecule has 2 unspecified atom stereocenters. The van der Waals surface area contributed by atoms with E-state index in [4.69, 9.17) is 0 Å². The van der Waals surface area contributed by atoms with Crippen LogP contribution in [0.2, 0.25) is 0 Å². The van der Waals surface area contributed by atoms with E-state index in [0.717, 1.165) is 49.2 Å². The molecule has 7 heteroatoms. The Kier molecular flexibility index (Phi) is 7.78. The van der Waals surface area contributed by atoms with Gasteiger partial charge >= 0.3 is 0 Å². The van der Waals surface area contributed by atoms with Crippen LogP contribution in [0.4, 0.5) is 8.78 Å². The Morgan fingerprint density at radius 1 is 0.850 bits per heavy atom. The summed E-state index contributed by atoms with van der Waals surface area (Å²) in [7, 11) is 3.67. The van der Waals surface area contributed by atoms with Crippen molar-refractivity contribution in [2.24, 2.45) is 5.92 Å². The zero-order chi connectivity index (χ0) is 28.5. The predicted molar refractivity (Wildman–Crippen MR) is 151 cm³/mol. The number of likely N-dealkylation sites (N-methyl/N-ethyl adjacent to an activating group) is 1. The number of amides is 2. The highest BCUT2D eigenvalue weighted by Crippen LogP contribution is 2.56. The SMILES string of the molecule is CC(=O)N(C)C1(c2ccccc2)CCN(CC2CC2(C(=O)N(C)Cc2ccc(F)cc2)c2ccc(F)cc2)CC1. The zero-order valence-corrected chi connectivity index (χ0v) is 23.4. The Hall–Kier alpha value is -3.58. The Bertz CT molecular complexity index is 1340. The molecule has 210 valence electrons. The summed E-state index contributed by atoms with van der Waals surface area (Å²) in [6.45, 7) is 4.36. The van der Waals surface area contributed by atoms with Crippen molar-refractivity contribution < 1.29 is 18.4 Å². The number of carbonyl (C=O) groups excluding carboxylic acids is 2. The van der Waals surface area contributed by atoms with Gasteiger partial charge in [0.2, 0.25) is 11.8 Å². The fourth-order valence-corrected chi connectivity index (χ4v) is 6.60. The predicted octanol–water partition coefficient (Wildman–Crippen LogP) is 5.35. The minimum atomic E-state index is -0.716. The molecule has 1 aliphatic heterocycles. The first-order valence-electron chi connectivity index (χ1n) is 13.9. The Morgan fingerprint density at radius 3 is 2.00 bits per heavy atom. The maximum atomic E-state index is 14.0. The topological polar surface area (TPSA) is 43.9 Å². The summed E-state index contributed by atoms with van der Waals surface area (Å²) in [5.74, 6) is -0.498. The molecule has 0 radical (unpaired) electrons. The quantitative estimate of drug-likeness (QED) is 0.383. The highest BCUT2D eigenvalue weighted by molar-refractivity contribution is 5.92. The van der Waals surface area contributed by atoms with Gasteiger partial charge in [0.15, 0.2) is 0 Å². The third kappa shape index (κ3) is 5.27. The molecule has 2 fully saturated rings. The average Bonchev–Trinajstić information content (AvgIpc) is 3.69. The molecule has 0 aromatic heterocycles. The van der Waals surface area contributed by atoms with Crippen molar-refractivity contribution in [1.82, 2.24) is 14.7 Å². The van der Waals surface area contributed by atoms with E-state index in [9.17, 15) is 18.4 Å². The van der Waals surface area contributed by atoms with E-state index >= 15 is 0 Å². The van der Waals surface area contributed by atoms with E-state index in [1.54, 1.807) is 43.1 Å². The number of hydrogen-bond donors (Lipinski definition) is 0. The van der Waals surface area contributed by atoms with Crippen molar-refractivity contribution in [3.8, 4) is 0 Å². The van der Waals surface area contributed by atoms with E-state index in [-0.39, 0.29) is 34.9 Å². The van der Waals surface area contributed by atoms with Crippen LogP contribution >= 0.6 is 0 Å². The van der Waals surface area contributed by atoms with Gasteiger partial charge in [-0.05, 0) is 66.1 Å². The molecule has 0 bridgehead atoms. The number of nitrogens with zero attached hydrogens (tertiary/aromatic N) is 3. The fraction of sp³-hybridized carbons (Fsp3) is 0.394. The van der Waals surface area contributed by atoms with Crippen molar-refractivity contribution >= 4 is 11.8 Å². The summed E-state index contributed by atoms with van der Waals surface area (Å²) in [6.07, 6.45) is 2.31. The van der Waals surface area contributed by atoms with E-state index in [2.05, 4.69) is 17.0 Å². The number of piperidine rings is 1. The van der Waals surface area contributed by atoms with Gasteiger partial charge in [-0.1, -0.05) is 54.6 Å². The normalized spacial score (nSPS) is 22.0. The molecule has 1 saturated carbocycles. The number of halogens is 2. The minimum absolute atomic E-state index is 0.000359. The maximum Gasteiger partial charge on any atom is 0.233 e. The molecule has 5 nitrogen and oxygen atoms in total. The van der Waals surface area contributed by atoms with Crippen LogP contribution in [0.25, 0.3) is 0 Å². The van der Waals surface area contributed by atoms with Crippen LogP contribution in [-0.4, -0.2) is 60.2 Å². The fourth-order valence-electron chi connectivity index (χ4n) is 6.60. The molecular formula is C33H37F2N3O2. The van der Waals surface area contributed by atoms with Crippen molar-refractivity contribution in [3.63, 3.8) is 0 Å². The standard InChI is InChI=1S/C33H37F2N3O2/c1-24(39)37(3)32(26-7-5-4-6-8-26)17-19-38(20-18-32)23-28-21-33(28,27-11-15-30(35)16-12-27)31(40)36(2)22-25-9-13-29(34)14-10-25/h4-16,28H,17-23H2,1-3H3. The minimum Gasteiger partial charge on any atom is -0.341 e. The maximum absolute atomic E-state index is 14.0. The van der Waals surface area contributed by atoms with Crippen molar-refractivity contribution in [1.29, 1.82) is 0 Å². The number of rotatable bonds is 8. The first kappa shape index (κ1) is 28.0. The van der Waals surface area contributed by atoms with Gasteiger partial charge in [-0.15, -0.1) is 0 Å². The molecule has 0 N–H and O–H groups in total. The van der Waals surface area contributed by atoms with Gasteiger partial charge in [0.1, 0.15) is 11.6 Å². The summed E-state index contributed by atoms with van der Waals surface area (Å²) in [5.41, 5.74) is 1.77. The second-order valence-electron chi connectivity index (χ2n) is 11.4. The molecule has 5 rings (SSSR count). The van der Waals surface area contributed by atoms with Crippen LogP contribution in [0.1, 0.15) is 42.9 Å². The monoisotopic (exact) mass is 545 g/mol. The van der Waals surface area contributed by atoms with Gasteiger partial charge in [-0.2, -0.15) is 0 Å². The lowest BCUT2D eigenvalue weighted by atomic mass is 9.79. The van der Waals surface area contributed by atoms with Gasteiger partial charge < -0.3 is 14.7 Å². The van der Waals surface area contributed by atoms with Gasteiger partial charge in [-0.3, -0.25) is 9.59 Å². The van der Waals surface area contributed by atoms with Crippen molar-refractivity contribution in [2.75, 3.05) is 33.7 Å². The molecule has 1 saturated heterocycles. The number of benzene rings is 3. The first-order chi connectivity index (χ1) is 19.2. The molecule has 3 aromatic rings. The highest BCUT2D eigenvalue weighted by atomic mass is 19.1. The summed E-state index contributed by atoms with van der Waals surface area (Å²) in [6, 6.07) is 22.7. The second kappa shape index (κ2) is 11.1. The van der Waals surface area contributed by atoms with Crippen molar-refractivity contribution in [3.05, 3.63) is 107 Å². The Morgan fingerprint density at radius 2 is 1.43 bits per heavy atom. The highest BCUT2D eigenvalue weighted by Gasteiger charge is 2.62. The van der Waals surface area contributed by atoms with Crippen LogP contribution in [0, 0.1) is 17.6 Å². The largest absolute Gasteiger partial charge is 0.341 e. The Balaban J connectivity index is 1.33. The molecule has 2 atom stereocenters.